The Hall–Kier alpha value is -1.33. The lowest BCUT2D eigenvalue weighted by molar-refractivity contribution is -0.119. The minimum atomic E-state index is -0.378. The van der Waals surface area contributed by atoms with E-state index in [-0.39, 0.29) is 24.5 Å². The van der Waals surface area contributed by atoms with Gasteiger partial charge in [0.25, 0.3) is 0 Å². The highest BCUT2D eigenvalue weighted by atomic mass is 16.3. The molecule has 2 unspecified atom stereocenters. The summed E-state index contributed by atoms with van der Waals surface area (Å²) in [4.78, 5) is 12.7. The zero-order valence-electron chi connectivity index (χ0n) is 9.93. The van der Waals surface area contributed by atoms with Gasteiger partial charge in [-0.3, -0.25) is 9.69 Å². The first-order valence-corrected chi connectivity index (χ1v) is 5.22. The largest absolute Gasteiger partial charge is 0.465 e. The summed E-state index contributed by atoms with van der Waals surface area (Å²) < 4.78 is 5.54. The highest BCUT2D eigenvalue weighted by Gasteiger charge is 2.24. The molecule has 4 N–H and O–H groups in total. The molecule has 1 aromatic rings. The second-order valence-electron chi connectivity index (χ2n) is 4.13. The molecule has 0 bridgehead atoms. The van der Waals surface area contributed by atoms with E-state index in [1.165, 1.54) is 0 Å². The number of aryl methyl sites for hydroxylation is 1. The quantitative estimate of drug-likeness (QED) is 0.759. The number of nitrogens with zero attached hydrogens (tertiary/aromatic N) is 1. The number of likely N-dealkylation sites (N-methyl/N-ethyl adjacent to an activating group) is 1. The molecule has 1 aromatic heterocycles. The summed E-state index contributed by atoms with van der Waals surface area (Å²) in [6, 6.07) is 3.47. The van der Waals surface area contributed by atoms with Gasteiger partial charge < -0.3 is 15.9 Å². The fourth-order valence-electron chi connectivity index (χ4n) is 1.83. The molecule has 0 spiro atoms. The Kier molecular flexibility index (Phi) is 4.09. The van der Waals surface area contributed by atoms with E-state index in [2.05, 4.69) is 0 Å². The first-order chi connectivity index (χ1) is 7.41. The summed E-state index contributed by atoms with van der Waals surface area (Å²) >= 11 is 0. The first kappa shape index (κ1) is 12.7. The average molecular weight is 225 g/mol. The molecule has 0 saturated heterocycles. The van der Waals surface area contributed by atoms with Crippen LogP contribution in [0.15, 0.2) is 16.5 Å². The van der Waals surface area contributed by atoms with Gasteiger partial charge in [-0.1, -0.05) is 0 Å². The van der Waals surface area contributed by atoms with Gasteiger partial charge in [0.2, 0.25) is 5.91 Å². The first-order valence-electron chi connectivity index (χ1n) is 5.22. The number of hydrogen-bond donors (Lipinski definition) is 2. The van der Waals surface area contributed by atoms with Gasteiger partial charge in [0.15, 0.2) is 0 Å². The molecule has 2 atom stereocenters. The monoisotopic (exact) mass is 225 g/mol. The van der Waals surface area contributed by atoms with Crippen LogP contribution in [0.5, 0.6) is 0 Å². The lowest BCUT2D eigenvalue weighted by Gasteiger charge is -2.28. The molecule has 1 heterocycles. The third kappa shape index (κ3) is 3.08. The van der Waals surface area contributed by atoms with Crippen molar-refractivity contribution in [3.05, 3.63) is 23.7 Å². The zero-order chi connectivity index (χ0) is 12.3. The van der Waals surface area contributed by atoms with Crippen molar-refractivity contribution in [1.82, 2.24) is 4.90 Å². The summed E-state index contributed by atoms with van der Waals surface area (Å²) in [5, 5.41) is 0. The van der Waals surface area contributed by atoms with Crippen molar-refractivity contribution in [2.24, 2.45) is 11.5 Å². The van der Waals surface area contributed by atoms with E-state index in [4.69, 9.17) is 15.9 Å². The van der Waals surface area contributed by atoms with Crippen molar-refractivity contribution in [2.75, 3.05) is 13.6 Å². The van der Waals surface area contributed by atoms with Crippen molar-refractivity contribution in [2.45, 2.75) is 25.9 Å². The molecule has 1 amide bonds. The Morgan fingerprint density at radius 2 is 2.19 bits per heavy atom. The average Bonchev–Trinajstić information content (AvgIpc) is 2.49. The molecule has 5 nitrogen and oxygen atoms in total. The van der Waals surface area contributed by atoms with Crippen molar-refractivity contribution >= 4 is 5.91 Å². The smallest absolute Gasteiger partial charge is 0.231 e. The third-order valence-electron chi connectivity index (χ3n) is 2.43. The van der Waals surface area contributed by atoms with Crippen LogP contribution in [0.1, 0.15) is 24.5 Å². The number of primary amides is 1. The van der Waals surface area contributed by atoms with Crippen molar-refractivity contribution < 1.29 is 9.21 Å². The van der Waals surface area contributed by atoms with Crippen LogP contribution in [0.2, 0.25) is 0 Å². The summed E-state index contributed by atoms with van der Waals surface area (Å²) in [6.07, 6.45) is 0. The molecule has 0 aliphatic rings. The SMILES string of the molecule is Cc1ccc(C(C(C)N)N(C)CC(N)=O)o1. The Balaban J connectivity index is 2.86. The van der Waals surface area contributed by atoms with Crippen LogP contribution >= 0.6 is 0 Å². The molecule has 16 heavy (non-hydrogen) atoms. The number of furan rings is 1. The van der Waals surface area contributed by atoms with E-state index in [1.807, 2.05) is 26.0 Å². The lowest BCUT2D eigenvalue weighted by atomic mass is 10.1. The van der Waals surface area contributed by atoms with Gasteiger partial charge in [0.05, 0.1) is 12.6 Å². The number of hydrogen-bond acceptors (Lipinski definition) is 4. The second-order valence-corrected chi connectivity index (χ2v) is 4.13. The van der Waals surface area contributed by atoms with Gasteiger partial charge in [-0.05, 0) is 33.0 Å². The molecule has 0 aliphatic carbocycles. The van der Waals surface area contributed by atoms with E-state index < -0.39 is 0 Å². The lowest BCUT2D eigenvalue weighted by Crippen LogP contribution is -2.41. The summed E-state index contributed by atoms with van der Waals surface area (Å²) in [7, 11) is 1.80. The number of carbonyl (C=O) groups excluding carboxylic acids is 1. The normalized spacial score (nSPS) is 15.1. The molecule has 90 valence electrons. The summed E-state index contributed by atoms with van der Waals surface area (Å²) in [5.41, 5.74) is 11.1. The molecule has 0 radical (unpaired) electrons. The highest BCUT2D eigenvalue weighted by Crippen LogP contribution is 2.23. The Morgan fingerprint density at radius 1 is 1.56 bits per heavy atom. The van der Waals surface area contributed by atoms with Crippen LogP contribution in [0.25, 0.3) is 0 Å². The highest BCUT2D eigenvalue weighted by molar-refractivity contribution is 5.75. The Morgan fingerprint density at radius 3 is 2.56 bits per heavy atom. The van der Waals surface area contributed by atoms with E-state index in [0.29, 0.717) is 0 Å². The van der Waals surface area contributed by atoms with Gasteiger partial charge in [-0.2, -0.15) is 0 Å². The zero-order valence-corrected chi connectivity index (χ0v) is 9.93. The van der Waals surface area contributed by atoms with E-state index in [1.54, 1.807) is 11.9 Å². The van der Waals surface area contributed by atoms with Crippen LogP contribution in [-0.4, -0.2) is 30.4 Å². The molecule has 0 aromatic carbocycles. The van der Waals surface area contributed by atoms with Crippen LogP contribution in [0.4, 0.5) is 0 Å². The summed E-state index contributed by atoms with van der Waals surface area (Å²) in [5.74, 6) is 1.21. The van der Waals surface area contributed by atoms with Gasteiger partial charge in [-0.15, -0.1) is 0 Å². The molecule has 0 fully saturated rings. The number of carbonyl (C=O) groups is 1. The van der Waals surface area contributed by atoms with Crippen LogP contribution < -0.4 is 11.5 Å². The molecular weight excluding hydrogens is 206 g/mol. The van der Waals surface area contributed by atoms with Gasteiger partial charge in [0.1, 0.15) is 11.5 Å². The topological polar surface area (TPSA) is 85.5 Å². The van der Waals surface area contributed by atoms with Gasteiger partial charge >= 0.3 is 0 Å². The van der Waals surface area contributed by atoms with Crippen LogP contribution in [-0.2, 0) is 4.79 Å². The van der Waals surface area contributed by atoms with Gasteiger partial charge in [0, 0.05) is 6.04 Å². The summed E-state index contributed by atoms with van der Waals surface area (Å²) in [6.45, 7) is 3.90. The predicted octanol–water partition coefficient (Wildman–Crippen LogP) is 0.393. The Bertz CT molecular complexity index is 360. The minimum Gasteiger partial charge on any atom is -0.465 e. The number of rotatable bonds is 5. The Labute approximate surface area is 95.4 Å². The predicted molar refractivity (Wildman–Crippen MR) is 61.7 cm³/mol. The maximum absolute atomic E-state index is 10.9. The molecule has 1 rings (SSSR count). The second kappa shape index (κ2) is 5.14. The maximum atomic E-state index is 10.9. The fourth-order valence-corrected chi connectivity index (χ4v) is 1.83. The third-order valence-corrected chi connectivity index (χ3v) is 2.43. The van der Waals surface area contributed by atoms with E-state index in [9.17, 15) is 4.79 Å². The molecule has 0 saturated carbocycles. The van der Waals surface area contributed by atoms with E-state index >= 15 is 0 Å². The minimum absolute atomic E-state index is 0.138. The maximum Gasteiger partial charge on any atom is 0.231 e. The van der Waals surface area contributed by atoms with Crippen molar-refractivity contribution in [3.63, 3.8) is 0 Å². The van der Waals surface area contributed by atoms with Crippen molar-refractivity contribution in [1.29, 1.82) is 0 Å². The number of nitrogens with two attached hydrogens (primary N) is 2. The molecule has 5 heteroatoms. The molecule has 0 aliphatic heterocycles. The molecular formula is C11H19N3O2. The van der Waals surface area contributed by atoms with Crippen molar-refractivity contribution in [3.8, 4) is 0 Å². The van der Waals surface area contributed by atoms with Gasteiger partial charge in [-0.25, -0.2) is 0 Å². The van der Waals surface area contributed by atoms with E-state index in [0.717, 1.165) is 11.5 Å². The standard InChI is InChI=1S/C11H19N3O2/c1-7-4-5-9(16-7)11(8(2)12)14(3)6-10(13)15/h4-5,8,11H,6,12H2,1-3H3,(H2,13,15). The number of amides is 1. The van der Waals surface area contributed by atoms with Crippen LogP contribution in [0.3, 0.4) is 0 Å². The van der Waals surface area contributed by atoms with Crippen LogP contribution in [0, 0.1) is 6.92 Å². The fraction of sp³-hybridized carbons (Fsp3) is 0.545.